The zero-order valence-corrected chi connectivity index (χ0v) is 15.9. The second kappa shape index (κ2) is 7.66. The molecule has 7 nitrogen and oxygen atoms in total. The van der Waals surface area contributed by atoms with Gasteiger partial charge in [0.05, 0.1) is 11.4 Å². The molecule has 2 N–H and O–H groups in total. The van der Waals surface area contributed by atoms with Gasteiger partial charge in [-0.2, -0.15) is 5.10 Å². The van der Waals surface area contributed by atoms with Crippen LogP contribution >= 0.6 is 0 Å². The highest BCUT2D eigenvalue weighted by Gasteiger charge is 2.26. The Bertz CT molecular complexity index is 885. The first-order valence-corrected chi connectivity index (χ1v) is 10.0. The lowest BCUT2D eigenvalue weighted by atomic mass is 9.93. The second-order valence-electron chi connectivity index (χ2n) is 7.77. The molecule has 0 saturated carbocycles. The molecule has 1 aliphatic heterocycles. The molecule has 2 aliphatic rings. The van der Waals surface area contributed by atoms with Crippen LogP contribution in [0.5, 0.6) is 0 Å². The summed E-state index contributed by atoms with van der Waals surface area (Å²) in [6.45, 7) is 3.23. The zero-order valence-electron chi connectivity index (χ0n) is 15.9. The number of carbonyl (C=O) groups is 1. The van der Waals surface area contributed by atoms with E-state index in [0.717, 1.165) is 43.6 Å². The summed E-state index contributed by atoms with van der Waals surface area (Å²) in [5.41, 5.74) is 4.35. The van der Waals surface area contributed by atoms with E-state index in [0.29, 0.717) is 25.2 Å². The molecular formula is C20H27N5O2. The van der Waals surface area contributed by atoms with Gasteiger partial charge in [0.25, 0.3) is 5.56 Å². The molecule has 1 amide bonds. The maximum absolute atomic E-state index is 12.8. The van der Waals surface area contributed by atoms with Crippen molar-refractivity contribution >= 4 is 5.91 Å². The van der Waals surface area contributed by atoms with Crippen molar-refractivity contribution in [3.8, 4) is 0 Å². The van der Waals surface area contributed by atoms with Crippen LogP contribution in [0.4, 0.5) is 0 Å². The summed E-state index contributed by atoms with van der Waals surface area (Å²) < 4.78 is 0. The summed E-state index contributed by atoms with van der Waals surface area (Å²) in [5.74, 6) is 0.944. The molecule has 1 aliphatic carbocycles. The molecule has 0 bridgehead atoms. The van der Waals surface area contributed by atoms with Gasteiger partial charge >= 0.3 is 0 Å². The van der Waals surface area contributed by atoms with Crippen LogP contribution in [0.25, 0.3) is 0 Å². The smallest absolute Gasteiger partial charge is 0.251 e. The first kappa shape index (κ1) is 17.9. The Hall–Kier alpha value is -2.44. The SMILES string of the molecule is Cc1nc(C2CCCN(C(=O)CCc3n[nH]c4c3CCCC4)C2)cc(=O)[nH]1. The number of piperidine rings is 1. The van der Waals surface area contributed by atoms with Crippen molar-refractivity contribution < 1.29 is 4.79 Å². The van der Waals surface area contributed by atoms with Crippen LogP contribution in [-0.2, 0) is 24.1 Å². The van der Waals surface area contributed by atoms with Crippen LogP contribution < -0.4 is 5.56 Å². The highest BCUT2D eigenvalue weighted by Crippen LogP contribution is 2.26. The topological polar surface area (TPSA) is 94.7 Å². The number of rotatable bonds is 4. The summed E-state index contributed by atoms with van der Waals surface area (Å²) >= 11 is 0. The average molecular weight is 369 g/mol. The average Bonchev–Trinajstić information content (AvgIpc) is 3.09. The Kier molecular flexibility index (Phi) is 5.09. The third kappa shape index (κ3) is 3.96. The Morgan fingerprint density at radius 3 is 3.00 bits per heavy atom. The molecule has 1 fully saturated rings. The van der Waals surface area contributed by atoms with E-state index in [2.05, 4.69) is 20.2 Å². The van der Waals surface area contributed by atoms with Crippen LogP contribution in [0.3, 0.4) is 0 Å². The molecule has 1 unspecified atom stereocenters. The number of hydrogen-bond donors (Lipinski definition) is 2. The molecule has 1 saturated heterocycles. The van der Waals surface area contributed by atoms with Gasteiger partial charge in [0.15, 0.2) is 0 Å². The van der Waals surface area contributed by atoms with Crippen LogP contribution in [0, 0.1) is 6.92 Å². The van der Waals surface area contributed by atoms with Crippen molar-refractivity contribution in [2.75, 3.05) is 13.1 Å². The highest BCUT2D eigenvalue weighted by molar-refractivity contribution is 5.76. The number of aromatic nitrogens is 4. The van der Waals surface area contributed by atoms with Gasteiger partial charge < -0.3 is 9.88 Å². The Labute approximate surface area is 158 Å². The first-order valence-electron chi connectivity index (χ1n) is 10.0. The second-order valence-corrected chi connectivity index (χ2v) is 7.77. The van der Waals surface area contributed by atoms with Gasteiger partial charge in [-0.15, -0.1) is 0 Å². The minimum absolute atomic E-state index is 0.121. The van der Waals surface area contributed by atoms with E-state index in [1.165, 1.54) is 24.1 Å². The Morgan fingerprint density at radius 2 is 2.15 bits per heavy atom. The molecule has 27 heavy (non-hydrogen) atoms. The molecular weight excluding hydrogens is 342 g/mol. The number of H-pyrrole nitrogens is 2. The lowest BCUT2D eigenvalue weighted by Crippen LogP contribution is -2.39. The Morgan fingerprint density at radius 1 is 1.30 bits per heavy atom. The minimum atomic E-state index is -0.121. The fourth-order valence-corrected chi connectivity index (χ4v) is 4.40. The predicted octanol–water partition coefficient (Wildman–Crippen LogP) is 2.02. The molecule has 0 aromatic carbocycles. The van der Waals surface area contributed by atoms with E-state index in [-0.39, 0.29) is 17.4 Å². The van der Waals surface area contributed by atoms with Crippen molar-refractivity contribution in [1.29, 1.82) is 0 Å². The molecule has 1 atom stereocenters. The fourth-order valence-electron chi connectivity index (χ4n) is 4.40. The lowest BCUT2D eigenvalue weighted by Gasteiger charge is -2.32. The van der Waals surface area contributed by atoms with Crippen molar-refractivity contribution in [3.05, 3.63) is 44.9 Å². The van der Waals surface area contributed by atoms with E-state index >= 15 is 0 Å². The molecule has 2 aromatic heterocycles. The fraction of sp³-hybridized carbons (Fsp3) is 0.600. The summed E-state index contributed by atoms with van der Waals surface area (Å²) in [5, 5.41) is 7.61. The standard InChI is InChI=1S/C20H27N5O2/c1-13-21-18(11-19(26)22-13)14-5-4-10-25(12-14)20(27)9-8-17-15-6-2-3-7-16(15)23-24-17/h11,14H,2-10,12H2,1H3,(H,23,24)(H,21,22,26). The van der Waals surface area contributed by atoms with Gasteiger partial charge in [-0.3, -0.25) is 14.7 Å². The number of fused-ring (bicyclic) bond motifs is 1. The number of hydrogen-bond acceptors (Lipinski definition) is 4. The number of aromatic amines is 2. The van der Waals surface area contributed by atoms with Crippen molar-refractivity contribution in [1.82, 2.24) is 25.1 Å². The third-order valence-corrected chi connectivity index (χ3v) is 5.79. The van der Waals surface area contributed by atoms with Crippen molar-refractivity contribution in [2.24, 2.45) is 0 Å². The molecule has 2 aromatic rings. The molecule has 0 spiro atoms. The summed E-state index contributed by atoms with van der Waals surface area (Å²) in [4.78, 5) is 33.6. The van der Waals surface area contributed by atoms with Gasteiger partial charge in [-0.25, -0.2) is 4.98 Å². The van der Waals surface area contributed by atoms with Gasteiger partial charge in [0, 0.05) is 43.6 Å². The monoisotopic (exact) mass is 369 g/mol. The molecule has 7 heteroatoms. The molecule has 0 radical (unpaired) electrons. The van der Waals surface area contributed by atoms with Crippen LogP contribution in [0.2, 0.25) is 0 Å². The summed E-state index contributed by atoms with van der Waals surface area (Å²) in [6, 6.07) is 1.57. The third-order valence-electron chi connectivity index (χ3n) is 5.79. The van der Waals surface area contributed by atoms with Gasteiger partial charge in [0.2, 0.25) is 5.91 Å². The summed E-state index contributed by atoms with van der Waals surface area (Å²) in [7, 11) is 0. The number of likely N-dealkylation sites (tertiary alicyclic amines) is 1. The number of amides is 1. The van der Waals surface area contributed by atoms with E-state index in [9.17, 15) is 9.59 Å². The lowest BCUT2D eigenvalue weighted by molar-refractivity contribution is -0.132. The normalized spacial score (nSPS) is 19.7. The quantitative estimate of drug-likeness (QED) is 0.862. The minimum Gasteiger partial charge on any atom is -0.342 e. The zero-order chi connectivity index (χ0) is 18.8. The summed E-state index contributed by atoms with van der Waals surface area (Å²) in [6.07, 6.45) is 7.69. The van der Waals surface area contributed by atoms with Gasteiger partial charge in [-0.1, -0.05) is 0 Å². The number of nitrogens with one attached hydrogen (secondary N) is 2. The molecule has 3 heterocycles. The van der Waals surface area contributed by atoms with Gasteiger partial charge in [0.1, 0.15) is 5.82 Å². The van der Waals surface area contributed by atoms with E-state index in [4.69, 9.17) is 0 Å². The van der Waals surface area contributed by atoms with Crippen LogP contribution in [0.1, 0.15) is 66.5 Å². The maximum atomic E-state index is 12.8. The van der Waals surface area contributed by atoms with E-state index in [1.54, 1.807) is 13.0 Å². The molecule has 4 rings (SSSR count). The van der Waals surface area contributed by atoms with Crippen molar-refractivity contribution in [3.63, 3.8) is 0 Å². The molecule has 144 valence electrons. The van der Waals surface area contributed by atoms with Crippen LogP contribution in [0.15, 0.2) is 10.9 Å². The highest BCUT2D eigenvalue weighted by atomic mass is 16.2. The van der Waals surface area contributed by atoms with Gasteiger partial charge in [-0.05, 0) is 51.0 Å². The Balaban J connectivity index is 1.38. The first-order chi connectivity index (χ1) is 13.1. The van der Waals surface area contributed by atoms with Crippen molar-refractivity contribution in [2.45, 2.75) is 64.2 Å². The predicted molar refractivity (Wildman–Crippen MR) is 102 cm³/mol. The number of nitrogens with zero attached hydrogens (tertiary/aromatic N) is 3. The maximum Gasteiger partial charge on any atom is 0.251 e. The van der Waals surface area contributed by atoms with E-state index in [1.807, 2.05) is 4.90 Å². The van der Waals surface area contributed by atoms with E-state index < -0.39 is 0 Å². The number of aryl methyl sites for hydroxylation is 3. The largest absolute Gasteiger partial charge is 0.342 e. The van der Waals surface area contributed by atoms with Crippen LogP contribution in [-0.4, -0.2) is 44.1 Å². The number of carbonyl (C=O) groups excluding carboxylic acids is 1.